The Hall–Kier alpha value is -1.64. The standard InChI is InChI=1S/C13H17N3O3S2/c1-8(10-4-6-11(19-3)7-5-10)16-21(17,18)12-9(2)15-13(14)20-12/h4-8,16H,1-3H3,(H2,14,15). The average molecular weight is 327 g/mol. The highest BCUT2D eigenvalue weighted by Gasteiger charge is 2.23. The van der Waals surface area contributed by atoms with Gasteiger partial charge in [0.1, 0.15) is 5.75 Å². The minimum atomic E-state index is -3.64. The van der Waals surface area contributed by atoms with E-state index in [1.54, 1.807) is 33.1 Å². The maximum atomic E-state index is 12.4. The van der Waals surface area contributed by atoms with E-state index in [2.05, 4.69) is 9.71 Å². The second kappa shape index (κ2) is 6.00. The van der Waals surface area contributed by atoms with Crippen LogP contribution < -0.4 is 15.2 Å². The lowest BCUT2D eigenvalue weighted by Crippen LogP contribution is -2.26. The van der Waals surface area contributed by atoms with Crippen LogP contribution in [-0.4, -0.2) is 20.5 Å². The molecule has 2 aromatic rings. The SMILES string of the molecule is COc1ccc(C(C)NS(=O)(=O)c2sc(N)nc2C)cc1. The molecular formula is C13H17N3O3S2. The summed E-state index contributed by atoms with van der Waals surface area (Å²) in [4.78, 5) is 3.94. The number of aryl methyl sites for hydroxylation is 1. The molecule has 1 unspecified atom stereocenters. The van der Waals surface area contributed by atoms with Crippen LogP contribution in [0.5, 0.6) is 5.75 Å². The van der Waals surface area contributed by atoms with Gasteiger partial charge in [0, 0.05) is 6.04 Å². The number of methoxy groups -OCH3 is 1. The molecule has 1 atom stereocenters. The van der Waals surface area contributed by atoms with Gasteiger partial charge in [-0.15, -0.1) is 0 Å². The van der Waals surface area contributed by atoms with Gasteiger partial charge in [-0.1, -0.05) is 23.5 Å². The molecule has 0 aliphatic carbocycles. The number of hydrogen-bond donors (Lipinski definition) is 2. The molecule has 0 aliphatic rings. The van der Waals surface area contributed by atoms with Gasteiger partial charge >= 0.3 is 0 Å². The second-order valence-corrected chi connectivity index (χ2v) is 7.48. The van der Waals surface area contributed by atoms with E-state index in [9.17, 15) is 8.42 Å². The number of nitrogens with two attached hydrogens (primary N) is 1. The number of ether oxygens (including phenoxy) is 1. The van der Waals surface area contributed by atoms with E-state index in [-0.39, 0.29) is 15.4 Å². The number of rotatable bonds is 5. The molecule has 6 nitrogen and oxygen atoms in total. The van der Waals surface area contributed by atoms with E-state index < -0.39 is 10.0 Å². The van der Waals surface area contributed by atoms with Gasteiger partial charge < -0.3 is 10.5 Å². The van der Waals surface area contributed by atoms with Crippen molar-refractivity contribution in [2.24, 2.45) is 0 Å². The molecule has 0 saturated heterocycles. The molecule has 0 radical (unpaired) electrons. The molecule has 114 valence electrons. The second-order valence-electron chi connectivity index (χ2n) is 4.54. The fourth-order valence-corrected chi connectivity index (χ4v) is 4.45. The third kappa shape index (κ3) is 3.52. The van der Waals surface area contributed by atoms with Crippen molar-refractivity contribution in [1.29, 1.82) is 0 Å². The molecule has 1 heterocycles. The van der Waals surface area contributed by atoms with E-state index >= 15 is 0 Å². The topological polar surface area (TPSA) is 94.3 Å². The van der Waals surface area contributed by atoms with E-state index in [1.165, 1.54) is 0 Å². The van der Waals surface area contributed by atoms with Crippen LogP contribution in [0.2, 0.25) is 0 Å². The van der Waals surface area contributed by atoms with E-state index in [0.29, 0.717) is 5.69 Å². The zero-order valence-electron chi connectivity index (χ0n) is 12.0. The van der Waals surface area contributed by atoms with Crippen molar-refractivity contribution in [2.45, 2.75) is 24.1 Å². The van der Waals surface area contributed by atoms with Crippen molar-refractivity contribution in [3.05, 3.63) is 35.5 Å². The van der Waals surface area contributed by atoms with Crippen LogP contribution in [0.4, 0.5) is 5.13 Å². The van der Waals surface area contributed by atoms with Crippen LogP contribution in [-0.2, 0) is 10.0 Å². The third-order valence-corrected chi connectivity index (χ3v) is 6.10. The Morgan fingerprint density at radius 2 is 1.95 bits per heavy atom. The van der Waals surface area contributed by atoms with E-state index in [4.69, 9.17) is 10.5 Å². The third-order valence-electron chi connectivity index (χ3n) is 2.96. The van der Waals surface area contributed by atoms with Crippen molar-refractivity contribution in [3.63, 3.8) is 0 Å². The van der Waals surface area contributed by atoms with Crippen LogP contribution in [0.15, 0.2) is 28.5 Å². The van der Waals surface area contributed by atoms with Crippen molar-refractivity contribution >= 4 is 26.5 Å². The molecule has 0 fully saturated rings. The highest BCUT2D eigenvalue weighted by atomic mass is 32.2. The highest BCUT2D eigenvalue weighted by molar-refractivity contribution is 7.91. The fourth-order valence-electron chi connectivity index (χ4n) is 1.90. The summed E-state index contributed by atoms with van der Waals surface area (Å²) >= 11 is 0.961. The number of aromatic nitrogens is 1. The van der Waals surface area contributed by atoms with Crippen molar-refractivity contribution in [2.75, 3.05) is 12.8 Å². The van der Waals surface area contributed by atoms with Crippen LogP contribution in [0.3, 0.4) is 0 Å². The Kier molecular flexibility index (Phi) is 4.50. The first-order chi connectivity index (χ1) is 9.83. The summed E-state index contributed by atoms with van der Waals surface area (Å²) in [6.45, 7) is 3.40. The maximum absolute atomic E-state index is 12.4. The average Bonchev–Trinajstić information content (AvgIpc) is 2.78. The maximum Gasteiger partial charge on any atom is 0.252 e. The normalized spacial score (nSPS) is 13.1. The van der Waals surface area contributed by atoms with Crippen molar-refractivity contribution in [3.8, 4) is 5.75 Å². The molecule has 2 rings (SSSR count). The van der Waals surface area contributed by atoms with Crippen LogP contribution in [0.25, 0.3) is 0 Å². The summed E-state index contributed by atoms with van der Waals surface area (Å²) in [6.07, 6.45) is 0. The number of benzene rings is 1. The van der Waals surface area contributed by atoms with Crippen molar-refractivity contribution in [1.82, 2.24) is 9.71 Å². The Morgan fingerprint density at radius 1 is 1.33 bits per heavy atom. The predicted molar refractivity (Wildman–Crippen MR) is 83.0 cm³/mol. The molecule has 0 bridgehead atoms. The monoisotopic (exact) mass is 327 g/mol. The first-order valence-corrected chi connectivity index (χ1v) is 8.52. The number of hydrogen-bond acceptors (Lipinski definition) is 6. The van der Waals surface area contributed by atoms with Gasteiger partial charge in [-0.05, 0) is 31.5 Å². The smallest absolute Gasteiger partial charge is 0.252 e. The summed E-state index contributed by atoms with van der Waals surface area (Å²) in [7, 11) is -2.06. The molecule has 1 aromatic carbocycles. The fraction of sp³-hybridized carbons (Fsp3) is 0.308. The first kappa shape index (κ1) is 15.7. The number of anilines is 1. The van der Waals surface area contributed by atoms with Gasteiger partial charge in [-0.25, -0.2) is 18.1 Å². The molecule has 0 saturated carbocycles. The number of thiazole rings is 1. The molecule has 1 aromatic heterocycles. The van der Waals surface area contributed by atoms with Gasteiger partial charge in [-0.3, -0.25) is 0 Å². The van der Waals surface area contributed by atoms with Gasteiger partial charge in [0.15, 0.2) is 9.34 Å². The lowest BCUT2D eigenvalue weighted by Gasteiger charge is -2.14. The Morgan fingerprint density at radius 3 is 2.43 bits per heavy atom. The quantitative estimate of drug-likeness (QED) is 0.877. The molecule has 0 spiro atoms. The summed E-state index contributed by atoms with van der Waals surface area (Å²) in [5.74, 6) is 0.722. The lowest BCUT2D eigenvalue weighted by atomic mass is 10.1. The van der Waals surface area contributed by atoms with Gasteiger partial charge in [0.2, 0.25) is 0 Å². The minimum absolute atomic E-state index is 0.153. The molecule has 0 amide bonds. The molecule has 8 heteroatoms. The predicted octanol–water partition coefficient (Wildman–Crippen LogP) is 2.08. The first-order valence-electron chi connectivity index (χ1n) is 6.22. The largest absolute Gasteiger partial charge is 0.497 e. The van der Waals surface area contributed by atoms with E-state index in [0.717, 1.165) is 22.6 Å². The van der Waals surface area contributed by atoms with Gasteiger partial charge in [0.05, 0.1) is 12.8 Å². The van der Waals surface area contributed by atoms with Crippen molar-refractivity contribution < 1.29 is 13.2 Å². The van der Waals surface area contributed by atoms with Gasteiger partial charge in [0.25, 0.3) is 10.0 Å². The summed E-state index contributed by atoms with van der Waals surface area (Å²) in [5.41, 5.74) is 6.80. The lowest BCUT2D eigenvalue weighted by molar-refractivity contribution is 0.414. The molecule has 0 aliphatic heterocycles. The molecular weight excluding hydrogens is 310 g/mol. The summed E-state index contributed by atoms with van der Waals surface area (Å²) < 4.78 is 32.6. The number of sulfonamides is 1. The van der Waals surface area contributed by atoms with Crippen LogP contribution in [0, 0.1) is 6.92 Å². The number of nitrogen functional groups attached to an aromatic ring is 1. The number of nitrogens with one attached hydrogen (secondary N) is 1. The zero-order chi connectivity index (χ0) is 15.6. The minimum Gasteiger partial charge on any atom is -0.497 e. The Balaban J connectivity index is 2.21. The number of nitrogens with zero attached hydrogens (tertiary/aromatic N) is 1. The van der Waals surface area contributed by atoms with E-state index in [1.807, 2.05) is 12.1 Å². The molecule has 3 N–H and O–H groups in total. The summed E-state index contributed by atoms with van der Waals surface area (Å²) in [5, 5.41) is 0.241. The molecule has 21 heavy (non-hydrogen) atoms. The summed E-state index contributed by atoms with van der Waals surface area (Å²) in [6, 6.07) is 6.84. The van der Waals surface area contributed by atoms with Crippen LogP contribution in [0.1, 0.15) is 24.2 Å². The van der Waals surface area contributed by atoms with Gasteiger partial charge in [-0.2, -0.15) is 0 Å². The Labute approximate surface area is 128 Å². The zero-order valence-corrected chi connectivity index (χ0v) is 13.6. The van der Waals surface area contributed by atoms with Crippen LogP contribution >= 0.6 is 11.3 Å². The Bertz CT molecular complexity index is 724. The highest BCUT2D eigenvalue weighted by Crippen LogP contribution is 2.26.